The summed E-state index contributed by atoms with van der Waals surface area (Å²) in [4.78, 5) is 34.3. The third-order valence-corrected chi connectivity index (χ3v) is 6.46. The van der Waals surface area contributed by atoms with Crippen molar-refractivity contribution < 1.29 is 19.1 Å². The third-order valence-electron chi connectivity index (χ3n) is 5.81. The van der Waals surface area contributed by atoms with Gasteiger partial charge in [-0.1, -0.05) is 42.1 Å². The van der Waals surface area contributed by atoms with Crippen LogP contribution in [0.25, 0.3) is 5.69 Å². The Hall–Kier alpha value is -3.46. The van der Waals surface area contributed by atoms with Crippen LogP contribution < -0.4 is 9.47 Å². The Morgan fingerprint density at radius 1 is 0.939 bits per heavy atom. The predicted molar refractivity (Wildman–Crippen MR) is 124 cm³/mol. The summed E-state index contributed by atoms with van der Waals surface area (Å²) in [5.74, 6) is 1.02. The maximum absolute atomic E-state index is 13.3. The average Bonchev–Trinajstić information content (AvgIpc) is 3.32. The quantitative estimate of drug-likeness (QED) is 0.553. The number of amides is 2. The molecule has 3 heterocycles. The number of aromatic nitrogens is 2. The number of hydrogen-bond donors (Lipinski definition) is 0. The first kappa shape index (κ1) is 21.4. The molecule has 9 heteroatoms. The van der Waals surface area contributed by atoms with Crippen molar-refractivity contribution in [3.8, 4) is 17.2 Å². The van der Waals surface area contributed by atoms with E-state index in [4.69, 9.17) is 9.47 Å². The average molecular weight is 465 g/mol. The van der Waals surface area contributed by atoms with Crippen molar-refractivity contribution in [2.75, 3.05) is 39.0 Å². The molecule has 1 saturated heterocycles. The second-order valence-corrected chi connectivity index (χ2v) is 8.56. The largest absolute Gasteiger partial charge is 0.485 e. The Labute approximate surface area is 196 Å². The van der Waals surface area contributed by atoms with E-state index in [2.05, 4.69) is 4.98 Å². The highest BCUT2D eigenvalue weighted by Gasteiger charge is 2.34. The van der Waals surface area contributed by atoms with Gasteiger partial charge in [0.25, 0.3) is 11.8 Å². The van der Waals surface area contributed by atoms with E-state index in [0.29, 0.717) is 43.4 Å². The van der Waals surface area contributed by atoms with E-state index in [1.165, 1.54) is 11.8 Å². The maximum atomic E-state index is 13.3. The number of piperazine rings is 1. The van der Waals surface area contributed by atoms with Crippen LogP contribution in [0, 0.1) is 0 Å². The number of para-hydroxylation sites is 3. The molecule has 0 spiro atoms. The first-order valence-corrected chi connectivity index (χ1v) is 12.0. The van der Waals surface area contributed by atoms with Crippen molar-refractivity contribution in [3.63, 3.8) is 0 Å². The van der Waals surface area contributed by atoms with Crippen LogP contribution >= 0.6 is 11.8 Å². The van der Waals surface area contributed by atoms with Crippen molar-refractivity contribution in [1.29, 1.82) is 0 Å². The molecule has 1 atom stereocenters. The number of rotatable bonds is 4. The number of thioether (sulfide) groups is 1. The standard InChI is InChI=1S/C24H24N4O4S/c1-33-24-25-15-18(28(24)17-7-3-2-4-8-17)22(29)26-11-13-27(14-12-26)23(30)21-16-31-19-9-5-6-10-20(19)32-21/h2-10,15,21H,11-14,16H2,1H3. The first-order valence-electron chi connectivity index (χ1n) is 10.8. The Morgan fingerprint density at radius 2 is 1.61 bits per heavy atom. The number of benzene rings is 2. The Balaban J connectivity index is 1.25. The van der Waals surface area contributed by atoms with Gasteiger partial charge >= 0.3 is 0 Å². The van der Waals surface area contributed by atoms with Gasteiger partial charge in [-0.3, -0.25) is 14.2 Å². The minimum atomic E-state index is -0.675. The monoisotopic (exact) mass is 464 g/mol. The summed E-state index contributed by atoms with van der Waals surface area (Å²) >= 11 is 1.49. The summed E-state index contributed by atoms with van der Waals surface area (Å²) in [5, 5.41) is 0.757. The zero-order valence-corrected chi connectivity index (χ0v) is 19.0. The first-order chi connectivity index (χ1) is 16.2. The van der Waals surface area contributed by atoms with Gasteiger partial charge in [-0.2, -0.15) is 0 Å². The van der Waals surface area contributed by atoms with E-state index in [0.717, 1.165) is 10.8 Å². The molecule has 0 saturated carbocycles. The van der Waals surface area contributed by atoms with E-state index in [9.17, 15) is 9.59 Å². The normalized spacial score (nSPS) is 17.7. The zero-order chi connectivity index (χ0) is 22.8. The van der Waals surface area contributed by atoms with Gasteiger partial charge in [0.15, 0.2) is 16.7 Å². The molecule has 1 unspecified atom stereocenters. The number of carbonyl (C=O) groups excluding carboxylic acids is 2. The minimum Gasteiger partial charge on any atom is -0.485 e. The smallest absolute Gasteiger partial charge is 0.272 e. The predicted octanol–water partition coefficient (Wildman–Crippen LogP) is 2.72. The van der Waals surface area contributed by atoms with Gasteiger partial charge in [0.2, 0.25) is 6.10 Å². The lowest BCUT2D eigenvalue weighted by atomic mass is 10.2. The number of carbonyl (C=O) groups is 2. The van der Waals surface area contributed by atoms with E-state index >= 15 is 0 Å². The molecule has 5 rings (SSSR count). The highest BCUT2D eigenvalue weighted by molar-refractivity contribution is 7.98. The van der Waals surface area contributed by atoms with Crippen LogP contribution in [0.1, 0.15) is 10.5 Å². The molecule has 0 aliphatic carbocycles. The van der Waals surface area contributed by atoms with Crippen molar-refractivity contribution in [2.45, 2.75) is 11.3 Å². The molecule has 0 N–H and O–H groups in total. The molecule has 2 amide bonds. The summed E-state index contributed by atoms with van der Waals surface area (Å²) in [6, 6.07) is 17.1. The molecule has 8 nitrogen and oxygen atoms in total. The van der Waals surface area contributed by atoms with Crippen molar-refractivity contribution >= 4 is 23.6 Å². The molecule has 170 valence electrons. The molecular formula is C24H24N4O4S. The Morgan fingerprint density at radius 3 is 2.33 bits per heavy atom. The summed E-state index contributed by atoms with van der Waals surface area (Å²) in [5.41, 5.74) is 1.41. The van der Waals surface area contributed by atoms with Crippen LogP contribution in [0.3, 0.4) is 0 Å². The fourth-order valence-electron chi connectivity index (χ4n) is 4.09. The van der Waals surface area contributed by atoms with Gasteiger partial charge in [0.05, 0.1) is 6.20 Å². The summed E-state index contributed by atoms with van der Waals surface area (Å²) in [7, 11) is 0. The SMILES string of the molecule is CSc1ncc(C(=O)N2CCN(C(=O)C3COc4ccccc4O3)CC2)n1-c1ccccc1. The molecule has 2 aromatic carbocycles. The van der Waals surface area contributed by atoms with Crippen LogP contribution in [-0.4, -0.2) is 76.3 Å². The minimum absolute atomic E-state index is 0.0927. The van der Waals surface area contributed by atoms with E-state index in [1.807, 2.05) is 59.4 Å². The second kappa shape index (κ2) is 9.19. The van der Waals surface area contributed by atoms with E-state index < -0.39 is 6.10 Å². The summed E-state index contributed by atoms with van der Waals surface area (Å²) < 4.78 is 13.4. The highest BCUT2D eigenvalue weighted by atomic mass is 32.2. The second-order valence-electron chi connectivity index (χ2n) is 7.78. The summed E-state index contributed by atoms with van der Waals surface area (Å²) in [6.07, 6.45) is 2.89. The lowest BCUT2D eigenvalue weighted by Crippen LogP contribution is -2.55. The molecule has 0 bridgehead atoms. The molecule has 3 aromatic rings. The Kier molecular flexibility index (Phi) is 5.95. The number of nitrogens with zero attached hydrogens (tertiary/aromatic N) is 4. The fourth-order valence-corrected chi connectivity index (χ4v) is 4.64. The molecule has 1 fully saturated rings. The number of fused-ring (bicyclic) bond motifs is 1. The molecule has 33 heavy (non-hydrogen) atoms. The van der Waals surface area contributed by atoms with Gasteiger partial charge in [-0.15, -0.1) is 0 Å². The third kappa shape index (κ3) is 4.16. The zero-order valence-electron chi connectivity index (χ0n) is 18.2. The topological polar surface area (TPSA) is 76.9 Å². The van der Waals surface area contributed by atoms with Gasteiger partial charge in [0.1, 0.15) is 12.3 Å². The van der Waals surface area contributed by atoms with Gasteiger partial charge in [-0.05, 0) is 30.5 Å². The van der Waals surface area contributed by atoms with Crippen LogP contribution in [0.15, 0.2) is 66.0 Å². The molecular weight excluding hydrogens is 440 g/mol. The van der Waals surface area contributed by atoms with Gasteiger partial charge < -0.3 is 19.3 Å². The van der Waals surface area contributed by atoms with E-state index in [-0.39, 0.29) is 18.4 Å². The molecule has 0 radical (unpaired) electrons. The van der Waals surface area contributed by atoms with Crippen molar-refractivity contribution in [1.82, 2.24) is 19.4 Å². The summed E-state index contributed by atoms with van der Waals surface area (Å²) in [6.45, 7) is 1.97. The fraction of sp³-hybridized carbons (Fsp3) is 0.292. The number of ether oxygens (including phenoxy) is 2. The number of imidazole rings is 1. The maximum Gasteiger partial charge on any atom is 0.272 e. The van der Waals surface area contributed by atoms with Crippen LogP contribution in [0.2, 0.25) is 0 Å². The van der Waals surface area contributed by atoms with Crippen LogP contribution in [-0.2, 0) is 4.79 Å². The molecule has 2 aliphatic heterocycles. The lowest BCUT2D eigenvalue weighted by Gasteiger charge is -2.37. The molecule has 1 aromatic heterocycles. The molecule has 2 aliphatic rings. The van der Waals surface area contributed by atoms with E-state index in [1.54, 1.807) is 22.1 Å². The van der Waals surface area contributed by atoms with Crippen molar-refractivity contribution in [3.05, 3.63) is 66.5 Å². The van der Waals surface area contributed by atoms with Crippen LogP contribution in [0.5, 0.6) is 11.5 Å². The number of hydrogen-bond acceptors (Lipinski definition) is 6. The van der Waals surface area contributed by atoms with Crippen LogP contribution in [0.4, 0.5) is 0 Å². The van der Waals surface area contributed by atoms with Gasteiger partial charge in [0, 0.05) is 31.9 Å². The highest BCUT2D eigenvalue weighted by Crippen LogP contribution is 2.31. The Bertz CT molecular complexity index is 1160. The lowest BCUT2D eigenvalue weighted by molar-refractivity contribution is -0.142. The van der Waals surface area contributed by atoms with Crippen molar-refractivity contribution in [2.24, 2.45) is 0 Å². The van der Waals surface area contributed by atoms with Gasteiger partial charge in [-0.25, -0.2) is 4.98 Å².